The summed E-state index contributed by atoms with van der Waals surface area (Å²) in [6, 6.07) is 11.9. The number of fused-ring (bicyclic) bond motifs is 1. The van der Waals surface area contributed by atoms with Gasteiger partial charge in [0.15, 0.2) is 5.65 Å². The first-order chi connectivity index (χ1) is 12.6. The highest BCUT2D eigenvalue weighted by atomic mass is 16.1. The van der Waals surface area contributed by atoms with Gasteiger partial charge in [-0.25, -0.2) is 14.3 Å². The smallest absolute Gasteiger partial charge is 0.262 e. The second-order valence-corrected chi connectivity index (χ2v) is 6.23. The van der Waals surface area contributed by atoms with Gasteiger partial charge in [0.1, 0.15) is 11.2 Å². The van der Waals surface area contributed by atoms with Crippen molar-refractivity contribution < 1.29 is 0 Å². The maximum absolute atomic E-state index is 12.2. The fourth-order valence-electron chi connectivity index (χ4n) is 2.73. The molecule has 1 aromatic carbocycles. The van der Waals surface area contributed by atoms with Crippen molar-refractivity contribution >= 4 is 23.2 Å². The number of aromatic nitrogens is 6. The molecule has 4 rings (SSSR count). The minimum absolute atomic E-state index is 0.125. The van der Waals surface area contributed by atoms with E-state index in [2.05, 4.69) is 20.2 Å². The zero-order chi connectivity index (χ0) is 18.1. The van der Waals surface area contributed by atoms with Crippen LogP contribution in [-0.2, 0) is 0 Å². The molecule has 0 spiro atoms. The standard InChI is InChI=1S/C19H18N6O/c1-13(2)25-18-16(12-20-25)19(26)22-17(21-18)9-8-14-10-11-24(23-14)15-6-4-3-5-7-15/h3-13H,1-2H3,(H,21,22,26)/b9-8+. The maximum atomic E-state index is 12.2. The quantitative estimate of drug-likeness (QED) is 0.616. The van der Waals surface area contributed by atoms with E-state index in [0.717, 1.165) is 11.4 Å². The molecule has 0 unspecified atom stereocenters. The van der Waals surface area contributed by atoms with E-state index in [1.165, 1.54) is 0 Å². The van der Waals surface area contributed by atoms with Gasteiger partial charge in [-0.3, -0.25) is 4.79 Å². The highest BCUT2D eigenvalue weighted by Crippen LogP contribution is 2.13. The van der Waals surface area contributed by atoms with E-state index < -0.39 is 0 Å². The molecule has 1 N–H and O–H groups in total. The summed E-state index contributed by atoms with van der Waals surface area (Å²) >= 11 is 0. The fraction of sp³-hybridized carbons (Fsp3) is 0.158. The number of aromatic amines is 1. The predicted molar refractivity (Wildman–Crippen MR) is 101 cm³/mol. The van der Waals surface area contributed by atoms with Crippen LogP contribution in [0, 0.1) is 0 Å². The van der Waals surface area contributed by atoms with Crippen molar-refractivity contribution in [2.75, 3.05) is 0 Å². The van der Waals surface area contributed by atoms with Crippen LogP contribution in [0.2, 0.25) is 0 Å². The van der Waals surface area contributed by atoms with Gasteiger partial charge in [-0.1, -0.05) is 18.2 Å². The van der Waals surface area contributed by atoms with Gasteiger partial charge < -0.3 is 4.98 Å². The molecule has 0 bridgehead atoms. The largest absolute Gasteiger partial charge is 0.306 e. The van der Waals surface area contributed by atoms with Gasteiger partial charge in [0.25, 0.3) is 5.56 Å². The Hall–Kier alpha value is -3.48. The first-order valence-corrected chi connectivity index (χ1v) is 8.38. The summed E-state index contributed by atoms with van der Waals surface area (Å²) < 4.78 is 3.54. The molecule has 3 heterocycles. The summed E-state index contributed by atoms with van der Waals surface area (Å²) in [4.78, 5) is 19.5. The van der Waals surface area contributed by atoms with Crippen molar-refractivity contribution in [3.8, 4) is 5.69 Å². The molecule has 26 heavy (non-hydrogen) atoms. The van der Waals surface area contributed by atoms with Gasteiger partial charge >= 0.3 is 0 Å². The molecule has 0 aliphatic carbocycles. The molecule has 0 atom stereocenters. The molecule has 3 aromatic heterocycles. The number of benzene rings is 1. The van der Waals surface area contributed by atoms with E-state index >= 15 is 0 Å². The summed E-state index contributed by atoms with van der Waals surface area (Å²) in [5.74, 6) is 0.471. The summed E-state index contributed by atoms with van der Waals surface area (Å²) in [5, 5.41) is 9.24. The maximum Gasteiger partial charge on any atom is 0.262 e. The highest BCUT2D eigenvalue weighted by molar-refractivity contribution is 5.75. The Kier molecular flexibility index (Phi) is 3.96. The second-order valence-electron chi connectivity index (χ2n) is 6.23. The molecule has 7 heteroatoms. The lowest BCUT2D eigenvalue weighted by Gasteiger charge is -2.05. The Morgan fingerprint density at radius 1 is 1.12 bits per heavy atom. The number of para-hydroxylation sites is 1. The summed E-state index contributed by atoms with van der Waals surface area (Å²) in [6.07, 6.45) is 7.01. The molecule has 0 aliphatic rings. The average Bonchev–Trinajstić information content (AvgIpc) is 3.28. The zero-order valence-electron chi connectivity index (χ0n) is 14.5. The molecule has 0 fully saturated rings. The highest BCUT2D eigenvalue weighted by Gasteiger charge is 2.11. The van der Waals surface area contributed by atoms with E-state index in [1.54, 1.807) is 21.6 Å². The fourth-order valence-corrected chi connectivity index (χ4v) is 2.73. The zero-order valence-corrected chi connectivity index (χ0v) is 14.5. The van der Waals surface area contributed by atoms with Crippen molar-refractivity contribution in [3.63, 3.8) is 0 Å². The van der Waals surface area contributed by atoms with Crippen LogP contribution in [0.25, 0.3) is 28.9 Å². The third-order valence-corrected chi connectivity index (χ3v) is 4.01. The van der Waals surface area contributed by atoms with E-state index in [9.17, 15) is 4.79 Å². The molecule has 4 aromatic rings. The lowest BCUT2D eigenvalue weighted by Crippen LogP contribution is -2.11. The van der Waals surface area contributed by atoms with Crippen LogP contribution in [0.15, 0.2) is 53.6 Å². The van der Waals surface area contributed by atoms with Crippen LogP contribution in [-0.4, -0.2) is 29.5 Å². The van der Waals surface area contributed by atoms with Gasteiger partial charge in [-0.2, -0.15) is 10.2 Å². The molecular weight excluding hydrogens is 328 g/mol. The number of hydrogen-bond acceptors (Lipinski definition) is 4. The molecule has 0 aliphatic heterocycles. The Balaban J connectivity index is 1.66. The summed E-state index contributed by atoms with van der Waals surface area (Å²) in [7, 11) is 0. The van der Waals surface area contributed by atoms with Crippen LogP contribution in [0.1, 0.15) is 31.4 Å². The third kappa shape index (κ3) is 2.95. The van der Waals surface area contributed by atoms with E-state index in [1.807, 2.05) is 62.5 Å². The normalized spacial score (nSPS) is 11.8. The second kappa shape index (κ2) is 6.44. The van der Waals surface area contributed by atoms with Gasteiger partial charge in [0.05, 0.1) is 17.6 Å². The van der Waals surface area contributed by atoms with Crippen molar-refractivity contribution in [3.05, 3.63) is 70.7 Å². The van der Waals surface area contributed by atoms with Crippen LogP contribution in [0.3, 0.4) is 0 Å². The van der Waals surface area contributed by atoms with Crippen molar-refractivity contribution in [2.24, 2.45) is 0 Å². The van der Waals surface area contributed by atoms with Crippen LogP contribution in [0.4, 0.5) is 0 Å². The lowest BCUT2D eigenvalue weighted by atomic mass is 10.3. The Morgan fingerprint density at radius 2 is 1.92 bits per heavy atom. The van der Waals surface area contributed by atoms with Crippen LogP contribution >= 0.6 is 0 Å². The first kappa shape index (κ1) is 16.0. The summed E-state index contributed by atoms with van der Waals surface area (Å²) in [6.45, 7) is 4.00. The third-order valence-electron chi connectivity index (χ3n) is 4.01. The first-order valence-electron chi connectivity index (χ1n) is 8.38. The minimum atomic E-state index is -0.198. The molecule has 0 amide bonds. The topological polar surface area (TPSA) is 81.4 Å². The van der Waals surface area contributed by atoms with Crippen molar-refractivity contribution in [2.45, 2.75) is 19.9 Å². The van der Waals surface area contributed by atoms with Crippen molar-refractivity contribution in [1.82, 2.24) is 29.5 Å². The molecule has 0 saturated heterocycles. The number of nitrogens with one attached hydrogen (secondary N) is 1. The molecule has 0 saturated carbocycles. The van der Waals surface area contributed by atoms with Gasteiger partial charge in [-0.05, 0) is 44.2 Å². The number of H-pyrrole nitrogens is 1. The van der Waals surface area contributed by atoms with Crippen molar-refractivity contribution in [1.29, 1.82) is 0 Å². The Labute approximate surface area is 149 Å². The van der Waals surface area contributed by atoms with Gasteiger partial charge in [0.2, 0.25) is 0 Å². The summed E-state index contributed by atoms with van der Waals surface area (Å²) in [5.41, 5.74) is 2.14. The van der Waals surface area contributed by atoms with Crippen LogP contribution in [0.5, 0.6) is 0 Å². The predicted octanol–water partition coefficient (Wildman–Crippen LogP) is 3.06. The van der Waals surface area contributed by atoms with E-state index in [4.69, 9.17) is 0 Å². The Bertz CT molecular complexity index is 1130. The number of rotatable bonds is 4. The monoisotopic (exact) mass is 346 g/mol. The lowest BCUT2D eigenvalue weighted by molar-refractivity contribution is 0.546. The molecule has 0 radical (unpaired) electrons. The number of hydrogen-bond donors (Lipinski definition) is 1. The average molecular weight is 346 g/mol. The molecular formula is C19H18N6O. The van der Waals surface area contributed by atoms with E-state index in [-0.39, 0.29) is 11.6 Å². The van der Waals surface area contributed by atoms with Crippen LogP contribution < -0.4 is 5.56 Å². The Morgan fingerprint density at radius 3 is 2.69 bits per heavy atom. The van der Waals surface area contributed by atoms with Gasteiger partial charge in [-0.15, -0.1) is 0 Å². The van der Waals surface area contributed by atoms with E-state index in [0.29, 0.717) is 16.9 Å². The van der Waals surface area contributed by atoms with Gasteiger partial charge in [0, 0.05) is 12.2 Å². The minimum Gasteiger partial charge on any atom is -0.306 e. The molecule has 7 nitrogen and oxygen atoms in total. The number of nitrogens with zero attached hydrogens (tertiary/aromatic N) is 5. The molecule has 130 valence electrons. The SMILES string of the molecule is CC(C)n1ncc2c(=O)[nH]c(/C=C/c3ccn(-c4ccccc4)n3)nc21.